The summed E-state index contributed by atoms with van der Waals surface area (Å²) in [6.45, 7) is 5.21. The van der Waals surface area contributed by atoms with Gasteiger partial charge in [0.15, 0.2) is 4.67 Å². The van der Waals surface area contributed by atoms with Gasteiger partial charge in [0.2, 0.25) is 0 Å². The minimum absolute atomic E-state index is 0.166. The molecule has 0 aliphatic carbocycles. The molecule has 1 unspecified atom stereocenters. The molecule has 0 bridgehead atoms. The van der Waals surface area contributed by atoms with Gasteiger partial charge in [0.05, 0.1) is 6.04 Å². The normalized spacial score (nSPS) is 18.7. The largest absolute Gasteiger partial charge is 0.453 e. The van der Waals surface area contributed by atoms with Crippen LogP contribution in [0.25, 0.3) is 0 Å². The third-order valence-electron chi connectivity index (χ3n) is 3.65. The van der Waals surface area contributed by atoms with Crippen LogP contribution in [0.5, 0.6) is 0 Å². The third kappa shape index (κ3) is 3.57. The highest BCUT2D eigenvalue weighted by atomic mass is 79.9. The zero-order chi connectivity index (χ0) is 13.0. The average Bonchev–Trinajstić information content (AvgIpc) is 2.99. The standard InChI is InChI=1S/C13H22BrN3O/c1-16(8-9-17-6-2-3-7-17)11(10-15)12-4-5-13(14)18-12/h4-5,11H,2-3,6-10,15H2,1H3. The first-order chi connectivity index (χ1) is 8.70. The van der Waals surface area contributed by atoms with Crippen molar-refractivity contribution in [2.24, 2.45) is 5.73 Å². The summed E-state index contributed by atoms with van der Waals surface area (Å²) in [6, 6.07) is 4.08. The number of nitrogens with two attached hydrogens (primary N) is 1. The molecule has 1 saturated heterocycles. The number of hydrogen-bond acceptors (Lipinski definition) is 4. The lowest BCUT2D eigenvalue weighted by Gasteiger charge is -2.27. The van der Waals surface area contributed by atoms with Crippen LogP contribution in [0.2, 0.25) is 0 Å². The van der Waals surface area contributed by atoms with Crippen LogP contribution in [-0.4, -0.2) is 49.6 Å². The summed E-state index contributed by atoms with van der Waals surface area (Å²) < 4.78 is 6.38. The quantitative estimate of drug-likeness (QED) is 0.873. The van der Waals surface area contributed by atoms with Gasteiger partial charge < -0.3 is 15.1 Å². The Bertz CT molecular complexity index is 363. The van der Waals surface area contributed by atoms with Crippen molar-refractivity contribution in [1.29, 1.82) is 0 Å². The van der Waals surface area contributed by atoms with Gasteiger partial charge in [-0.2, -0.15) is 0 Å². The van der Waals surface area contributed by atoms with Crippen molar-refractivity contribution >= 4 is 15.9 Å². The predicted octanol–water partition coefficient (Wildman–Crippen LogP) is 2.07. The maximum atomic E-state index is 5.87. The molecule has 1 fully saturated rings. The van der Waals surface area contributed by atoms with Crippen LogP contribution in [-0.2, 0) is 0 Å². The van der Waals surface area contributed by atoms with E-state index < -0.39 is 0 Å². The van der Waals surface area contributed by atoms with Gasteiger partial charge in [-0.25, -0.2) is 0 Å². The fraction of sp³-hybridized carbons (Fsp3) is 0.692. The molecule has 1 aliphatic rings. The van der Waals surface area contributed by atoms with E-state index >= 15 is 0 Å². The van der Waals surface area contributed by atoms with Gasteiger partial charge in [0.25, 0.3) is 0 Å². The first kappa shape index (κ1) is 14.1. The molecular formula is C13H22BrN3O. The Balaban J connectivity index is 1.86. The van der Waals surface area contributed by atoms with Crippen LogP contribution >= 0.6 is 15.9 Å². The molecule has 2 N–H and O–H groups in total. The second kappa shape index (κ2) is 6.70. The van der Waals surface area contributed by atoms with Gasteiger partial charge >= 0.3 is 0 Å². The van der Waals surface area contributed by atoms with E-state index in [1.807, 2.05) is 12.1 Å². The van der Waals surface area contributed by atoms with Crippen molar-refractivity contribution in [2.45, 2.75) is 18.9 Å². The highest BCUT2D eigenvalue weighted by molar-refractivity contribution is 9.10. The Labute approximate surface area is 117 Å². The summed E-state index contributed by atoms with van der Waals surface area (Å²) in [7, 11) is 2.12. The molecule has 0 aromatic carbocycles. The predicted molar refractivity (Wildman–Crippen MR) is 76.5 cm³/mol. The lowest BCUT2D eigenvalue weighted by atomic mass is 10.2. The molecule has 102 valence electrons. The number of halogens is 1. The second-order valence-electron chi connectivity index (χ2n) is 4.92. The molecule has 1 aliphatic heterocycles. The van der Waals surface area contributed by atoms with Gasteiger partial charge in [0.1, 0.15) is 5.76 Å². The van der Waals surface area contributed by atoms with Crippen LogP contribution in [0.4, 0.5) is 0 Å². The van der Waals surface area contributed by atoms with E-state index in [1.54, 1.807) is 0 Å². The maximum absolute atomic E-state index is 5.87. The van der Waals surface area contributed by atoms with Crippen molar-refractivity contribution in [3.63, 3.8) is 0 Å². The Morgan fingerprint density at radius 2 is 2.17 bits per heavy atom. The van der Waals surface area contributed by atoms with Crippen LogP contribution in [0.3, 0.4) is 0 Å². The van der Waals surface area contributed by atoms with Crippen LogP contribution in [0.15, 0.2) is 21.2 Å². The van der Waals surface area contributed by atoms with Crippen molar-refractivity contribution in [3.05, 3.63) is 22.6 Å². The van der Waals surface area contributed by atoms with Gasteiger partial charge in [0, 0.05) is 19.6 Å². The number of rotatable bonds is 6. The number of furan rings is 1. The lowest BCUT2D eigenvalue weighted by molar-refractivity contribution is 0.190. The van der Waals surface area contributed by atoms with E-state index in [1.165, 1.54) is 25.9 Å². The Morgan fingerprint density at radius 1 is 1.44 bits per heavy atom. The third-order valence-corrected chi connectivity index (χ3v) is 4.07. The van der Waals surface area contributed by atoms with E-state index in [4.69, 9.17) is 10.2 Å². The molecule has 0 radical (unpaired) electrons. The Morgan fingerprint density at radius 3 is 2.72 bits per heavy atom. The monoisotopic (exact) mass is 315 g/mol. The van der Waals surface area contributed by atoms with E-state index in [-0.39, 0.29) is 6.04 Å². The Kier molecular flexibility index (Phi) is 5.24. The van der Waals surface area contributed by atoms with Crippen LogP contribution in [0, 0.1) is 0 Å². The molecule has 2 heterocycles. The van der Waals surface area contributed by atoms with Gasteiger partial charge in [-0.3, -0.25) is 4.90 Å². The molecular weight excluding hydrogens is 294 g/mol. The fourth-order valence-corrected chi connectivity index (χ4v) is 2.80. The number of hydrogen-bond donors (Lipinski definition) is 1. The topological polar surface area (TPSA) is 45.6 Å². The minimum Gasteiger partial charge on any atom is -0.453 e. The molecule has 4 nitrogen and oxygen atoms in total. The highest BCUT2D eigenvalue weighted by Crippen LogP contribution is 2.23. The molecule has 1 aromatic rings. The number of likely N-dealkylation sites (tertiary alicyclic amines) is 1. The van der Waals surface area contributed by atoms with Crippen LogP contribution < -0.4 is 5.73 Å². The molecule has 0 saturated carbocycles. The fourth-order valence-electron chi connectivity index (χ4n) is 2.48. The first-order valence-corrected chi connectivity index (χ1v) is 7.38. The van der Waals surface area contributed by atoms with Crippen LogP contribution in [0.1, 0.15) is 24.6 Å². The zero-order valence-electron chi connectivity index (χ0n) is 10.9. The highest BCUT2D eigenvalue weighted by Gasteiger charge is 2.20. The van der Waals surface area contributed by atoms with E-state index in [0.717, 1.165) is 23.5 Å². The Hall–Kier alpha value is -0.360. The summed E-state index contributed by atoms with van der Waals surface area (Å²) in [6.07, 6.45) is 2.68. The second-order valence-corrected chi connectivity index (χ2v) is 5.70. The molecule has 18 heavy (non-hydrogen) atoms. The molecule has 1 atom stereocenters. The first-order valence-electron chi connectivity index (χ1n) is 6.58. The summed E-state index contributed by atoms with van der Waals surface area (Å²) in [5.74, 6) is 0.938. The molecule has 1 aromatic heterocycles. The smallest absolute Gasteiger partial charge is 0.169 e. The summed E-state index contributed by atoms with van der Waals surface area (Å²) in [5, 5.41) is 0. The maximum Gasteiger partial charge on any atom is 0.169 e. The van der Waals surface area contributed by atoms with E-state index in [0.29, 0.717) is 6.54 Å². The number of likely N-dealkylation sites (N-methyl/N-ethyl adjacent to an activating group) is 1. The van der Waals surface area contributed by atoms with E-state index in [9.17, 15) is 0 Å². The summed E-state index contributed by atoms with van der Waals surface area (Å²) in [4.78, 5) is 4.80. The molecule has 2 rings (SSSR count). The molecule has 0 spiro atoms. The summed E-state index contributed by atoms with van der Waals surface area (Å²) >= 11 is 3.34. The van der Waals surface area contributed by atoms with E-state index in [2.05, 4.69) is 32.8 Å². The lowest BCUT2D eigenvalue weighted by Crippen LogP contribution is -2.36. The molecule has 5 heteroatoms. The minimum atomic E-state index is 0.166. The van der Waals surface area contributed by atoms with Gasteiger partial charge in [-0.1, -0.05) is 0 Å². The van der Waals surface area contributed by atoms with Crippen molar-refractivity contribution < 1.29 is 4.42 Å². The summed E-state index contributed by atoms with van der Waals surface area (Å²) in [5.41, 5.74) is 5.87. The molecule has 0 amide bonds. The average molecular weight is 316 g/mol. The van der Waals surface area contributed by atoms with Gasteiger partial charge in [-0.15, -0.1) is 0 Å². The van der Waals surface area contributed by atoms with Crippen molar-refractivity contribution in [3.8, 4) is 0 Å². The SMILES string of the molecule is CN(CCN1CCCC1)C(CN)c1ccc(Br)o1. The van der Waals surface area contributed by atoms with Gasteiger partial charge in [-0.05, 0) is 61.0 Å². The van der Waals surface area contributed by atoms with Crippen molar-refractivity contribution in [1.82, 2.24) is 9.80 Å². The van der Waals surface area contributed by atoms with Crippen molar-refractivity contribution in [2.75, 3.05) is 39.8 Å². The zero-order valence-corrected chi connectivity index (χ0v) is 12.5. The number of nitrogens with zero attached hydrogens (tertiary/aromatic N) is 2.